The van der Waals surface area contributed by atoms with Crippen molar-refractivity contribution in [3.05, 3.63) is 94.5 Å². The highest BCUT2D eigenvalue weighted by Gasteiger charge is 2.11. The van der Waals surface area contributed by atoms with Gasteiger partial charge in [0.1, 0.15) is 11.6 Å². The molecule has 5 heteroatoms. The SMILES string of the molecule is COc1cccc(-n2c(C=Cc3ccc(N(C)C)cc3)nc3ccccc3c2=O)c1. The monoisotopic (exact) mass is 397 g/mol. The van der Waals surface area contributed by atoms with Crippen molar-refractivity contribution in [2.45, 2.75) is 0 Å². The number of para-hydroxylation sites is 1. The standard InChI is InChI=1S/C25H23N3O2/c1-27(2)19-14-11-18(12-15-19)13-16-24-26-23-10-5-4-9-22(23)25(29)28(24)20-7-6-8-21(17-20)30-3/h4-17H,1-3H3. The molecular weight excluding hydrogens is 374 g/mol. The molecule has 3 aromatic carbocycles. The van der Waals surface area contributed by atoms with E-state index < -0.39 is 0 Å². The van der Waals surface area contributed by atoms with Crippen molar-refractivity contribution in [2.24, 2.45) is 0 Å². The summed E-state index contributed by atoms with van der Waals surface area (Å²) in [5, 5.41) is 0.577. The molecule has 0 aliphatic rings. The second-order valence-electron chi connectivity index (χ2n) is 7.15. The number of fused-ring (bicyclic) bond motifs is 1. The van der Waals surface area contributed by atoms with Gasteiger partial charge in [-0.25, -0.2) is 4.98 Å². The maximum absolute atomic E-state index is 13.3. The fourth-order valence-corrected chi connectivity index (χ4v) is 3.32. The first-order chi connectivity index (χ1) is 14.6. The summed E-state index contributed by atoms with van der Waals surface area (Å²) in [7, 11) is 5.63. The van der Waals surface area contributed by atoms with Crippen LogP contribution in [0.4, 0.5) is 5.69 Å². The zero-order valence-electron chi connectivity index (χ0n) is 17.2. The van der Waals surface area contributed by atoms with Crippen LogP contribution in [-0.2, 0) is 0 Å². The lowest BCUT2D eigenvalue weighted by molar-refractivity contribution is 0.414. The minimum absolute atomic E-state index is 0.114. The van der Waals surface area contributed by atoms with Gasteiger partial charge in [0.15, 0.2) is 0 Å². The quantitative estimate of drug-likeness (QED) is 0.493. The summed E-state index contributed by atoms with van der Waals surface area (Å²) in [6, 6.07) is 23.0. The van der Waals surface area contributed by atoms with Gasteiger partial charge in [0, 0.05) is 25.8 Å². The van der Waals surface area contributed by atoms with Gasteiger partial charge in [-0.3, -0.25) is 9.36 Å². The number of hydrogen-bond acceptors (Lipinski definition) is 4. The number of anilines is 1. The molecule has 4 aromatic rings. The van der Waals surface area contributed by atoms with Crippen molar-refractivity contribution in [2.75, 3.05) is 26.1 Å². The Morgan fingerprint density at radius 3 is 2.43 bits per heavy atom. The zero-order valence-corrected chi connectivity index (χ0v) is 17.2. The minimum atomic E-state index is -0.114. The Hall–Kier alpha value is -3.86. The number of aromatic nitrogens is 2. The zero-order chi connectivity index (χ0) is 21.1. The third-order valence-electron chi connectivity index (χ3n) is 4.95. The van der Waals surface area contributed by atoms with E-state index in [1.807, 2.05) is 80.8 Å². The van der Waals surface area contributed by atoms with E-state index >= 15 is 0 Å². The fourth-order valence-electron chi connectivity index (χ4n) is 3.32. The van der Waals surface area contributed by atoms with Gasteiger partial charge in [-0.2, -0.15) is 0 Å². The van der Waals surface area contributed by atoms with Gasteiger partial charge in [0.2, 0.25) is 0 Å². The maximum Gasteiger partial charge on any atom is 0.266 e. The molecule has 0 bridgehead atoms. The Balaban J connectivity index is 1.86. The lowest BCUT2D eigenvalue weighted by atomic mass is 10.1. The molecule has 0 amide bonds. The lowest BCUT2D eigenvalue weighted by Gasteiger charge is -2.13. The van der Waals surface area contributed by atoms with Crippen LogP contribution in [0.25, 0.3) is 28.7 Å². The molecule has 0 aliphatic carbocycles. The largest absolute Gasteiger partial charge is 0.497 e. The number of hydrogen-bond donors (Lipinski definition) is 0. The summed E-state index contributed by atoms with van der Waals surface area (Å²) in [4.78, 5) is 20.1. The highest BCUT2D eigenvalue weighted by molar-refractivity contribution is 5.80. The van der Waals surface area contributed by atoms with E-state index in [0.29, 0.717) is 28.2 Å². The van der Waals surface area contributed by atoms with Gasteiger partial charge in [0.25, 0.3) is 5.56 Å². The van der Waals surface area contributed by atoms with Crippen molar-refractivity contribution >= 4 is 28.7 Å². The van der Waals surface area contributed by atoms with E-state index in [-0.39, 0.29) is 5.56 Å². The van der Waals surface area contributed by atoms with E-state index in [0.717, 1.165) is 11.3 Å². The fraction of sp³-hybridized carbons (Fsp3) is 0.120. The maximum atomic E-state index is 13.3. The molecule has 4 rings (SSSR count). The number of benzene rings is 3. The van der Waals surface area contributed by atoms with Crippen molar-refractivity contribution in [3.63, 3.8) is 0 Å². The summed E-state index contributed by atoms with van der Waals surface area (Å²) >= 11 is 0. The second kappa shape index (κ2) is 8.25. The highest BCUT2D eigenvalue weighted by atomic mass is 16.5. The van der Waals surface area contributed by atoms with Crippen LogP contribution in [0, 0.1) is 0 Å². The van der Waals surface area contributed by atoms with Crippen LogP contribution in [-0.4, -0.2) is 30.8 Å². The number of methoxy groups -OCH3 is 1. The number of nitrogens with zero attached hydrogens (tertiary/aromatic N) is 3. The molecule has 0 radical (unpaired) electrons. The van der Waals surface area contributed by atoms with Crippen LogP contribution >= 0.6 is 0 Å². The van der Waals surface area contributed by atoms with Gasteiger partial charge in [-0.05, 0) is 48.0 Å². The van der Waals surface area contributed by atoms with Gasteiger partial charge in [-0.1, -0.05) is 36.4 Å². The predicted molar refractivity (Wildman–Crippen MR) is 124 cm³/mol. The molecule has 1 aromatic heterocycles. The summed E-state index contributed by atoms with van der Waals surface area (Å²) in [5.74, 6) is 1.24. The Morgan fingerprint density at radius 2 is 1.70 bits per heavy atom. The molecule has 0 saturated heterocycles. The topological polar surface area (TPSA) is 47.4 Å². The van der Waals surface area contributed by atoms with E-state index in [2.05, 4.69) is 17.0 Å². The molecule has 5 nitrogen and oxygen atoms in total. The van der Waals surface area contributed by atoms with Gasteiger partial charge in [-0.15, -0.1) is 0 Å². The molecule has 30 heavy (non-hydrogen) atoms. The van der Waals surface area contributed by atoms with Crippen LogP contribution < -0.4 is 15.2 Å². The number of rotatable bonds is 5. The van der Waals surface area contributed by atoms with Crippen LogP contribution in [0.2, 0.25) is 0 Å². The van der Waals surface area contributed by atoms with E-state index in [4.69, 9.17) is 9.72 Å². The predicted octanol–water partition coefficient (Wildman–Crippen LogP) is 4.63. The summed E-state index contributed by atoms with van der Waals surface area (Å²) in [6.07, 6.45) is 3.84. The van der Waals surface area contributed by atoms with Gasteiger partial charge in [0.05, 0.1) is 23.7 Å². The Morgan fingerprint density at radius 1 is 0.933 bits per heavy atom. The highest BCUT2D eigenvalue weighted by Crippen LogP contribution is 2.20. The number of ether oxygens (including phenoxy) is 1. The summed E-state index contributed by atoms with van der Waals surface area (Å²) < 4.78 is 6.97. The summed E-state index contributed by atoms with van der Waals surface area (Å²) in [5.41, 5.74) is 3.42. The van der Waals surface area contributed by atoms with Gasteiger partial charge < -0.3 is 9.64 Å². The normalized spacial score (nSPS) is 11.2. The van der Waals surface area contributed by atoms with Crippen molar-refractivity contribution < 1.29 is 4.74 Å². The Kier molecular flexibility index (Phi) is 5.35. The minimum Gasteiger partial charge on any atom is -0.497 e. The van der Waals surface area contributed by atoms with E-state index in [1.165, 1.54) is 0 Å². The van der Waals surface area contributed by atoms with E-state index in [9.17, 15) is 4.79 Å². The van der Waals surface area contributed by atoms with Crippen LogP contribution in [0.15, 0.2) is 77.6 Å². The molecule has 0 aliphatic heterocycles. The average molecular weight is 397 g/mol. The first-order valence-corrected chi connectivity index (χ1v) is 9.68. The molecule has 0 spiro atoms. The summed E-state index contributed by atoms with van der Waals surface area (Å²) in [6.45, 7) is 0. The molecule has 0 saturated carbocycles. The first-order valence-electron chi connectivity index (χ1n) is 9.68. The van der Waals surface area contributed by atoms with Crippen molar-refractivity contribution in [1.82, 2.24) is 9.55 Å². The average Bonchev–Trinajstić information content (AvgIpc) is 2.78. The first kappa shape index (κ1) is 19.5. The lowest BCUT2D eigenvalue weighted by Crippen LogP contribution is -2.22. The molecule has 0 N–H and O–H groups in total. The van der Waals surface area contributed by atoms with E-state index in [1.54, 1.807) is 17.7 Å². The molecule has 0 unspecified atom stereocenters. The Labute approximate surface area is 175 Å². The van der Waals surface area contributed by atoms with Crippen molar-refractivity contribution in [3.8, 4) is 11.4 Å². The van der Waals surface area contributed by atoms with Gasteiger partial charge >= 0.3 is 0 Å². The van der Waals surface area contributed by atoms with Crippen LogP contribution in [0.3, 0.4) is 0 Å². The smallest absolute Gasteiger partial charge is 0.266 e. The molecule has 0 fully saturated rings. The molecule has 150 valence electrons. The second-order valence-corrected chi connectivity index (χ2v) is 7.15. The third kappa shape index (κ3) is 3.82. The van der Waals surface area contributed by atoms with Crippen LogP contribution in [0.5, 0.6) is 5.75 Å². The Bertz CT molecular complexity index is 1270. The molecule has 1 heterocycles. The van der Waals surface area contributed by atoms with Crippen molar-refractivity contribution in [1.29, 1.82) is 0 Å². The molecular formula is C25H23N3O2. The van der Waals surface area contributed by atoms with Crippen LogP contribution in [0.1, 0.15) is 11.4 Å². The third-order valence-corrected chi connectivity index (χ3v) is 4.95. The molecule has 0 atom stereocenters.